The fraction of sp³-hybridized carbons (Fsp3) is 0.250. The summed E-state index contributed by atoms with van der Waals surface area (Å²) >= 11 is 6.07. The SMILES string of the molecule is C=CC(=O)c1c(OC)cc(C)c(Cl)c1C. The van der Waals surface area contributed by atoms with Crippen LogP contribution in [0.1, 0.15) is 21.5 Å². The molecule has 0 saturated carbocycles. The fourth-order valence-electron chi connectivity index (χ4n) is 1.49. The number of ketones is 1. The van der Waals surface area contributed by atoms with Gasteiger partial charge in [-0.3, -0.25) is 4.79 Å². The number of benzene rings is 1. The van der Waals surface area contributed by atoms with E-state index in [9.17, 15) is 4.79 Å². The standard InChI is InChI=1S/C12H13ClO2/c1-5-9(14)11-8(3)12(13)7(2)6-10(11)15-4/h5-6H,1H2,2-4H3. The zero-order valence-electron chi connectivity index (χ0n) is 9.06. The maximum Gasteiger partial charge on any atom is 0.189 e. The molecule has 0 aromatic heterocycles. The Hall–Kier alpha value is -1.28. The van der Waals surface area contributed by atoms with Crippen LogP contribution in [0.5, 0.6) is 5.75 Å². The molecule has 1 rings (SSSR count). The fourth-order valence-corrected chi connectivity index (χ4v) is 1.64. The van der Waals surface area contributed by atoms with E-state index in [1.165, 1.54) is 13.2 Å². The van der Waals surface area contributed by atoms with Gasteiger partial charge in [0.05, 0.1) is 12.7 Å². The Morgan fingerprint density at radius 3 is 2.60 bits per heavy atom. The lowest BCUT2D eigenvalue weighted by atomic mass is 10.0. The van der Waals surface area contributed by atoms with Crippen molar-refractivity contribution in [3.8, 4) is 5.75 Å². The number of allylic oxidation sites excluding steroid dienone is 1. The Labute approximate surface area is 94.5 Å². The second kappa shape index (κ2) is 4.49. The van der Waals surface area contributed by atoms with Crippen LogP contribution in [0, 0.1) is 13.8 Å². The first-order valence-electron chi connectivity index (χ1n) is 4.53. The topological polar surface area (TPSA) is 26.3 Å². The van der Waals surface area contributed by atoms with Gasteiger partial charge in [0.1, 0.15) is 5.75 Å². The Bertz CT molecular complexity index is 422. The van der Waals surface area contributed by atoms with Gasteiger partial charge < -0.3 is 4.74 Å². The lowest BCUT2D eigenvalue weighted by Crippen LogP contribution is -2.03. The third-order valence-corrected chi connectivity index (χ3v) is 2.88. The monoisotopic (exact) mass is 224 g/mol. The smallest absolute Gasteiger partial charge is 0.189 e. The minimum atomic E-state index is -0.175. The summed E-state index contributed by atoms with van der Waals surface area (Å²) in [6.45, 7) is 7.13. The molecule has 0 atom stereocenters. The van der Waals surface area contributed by atoms with Crippen LogP contribution in [-0.4, -0.2) is 12.9 Å². The third-order valence-electron chi connectivity index (χ3n) is 2.30. The molecular formula is C12H13ClO2. The van der Waals surface area contributed by atoms with Crippen molar-refractivity contribution in [2.75, 3.05) is 7.11 Å². The molecule has 0 spiro atoms. The summed E-state index contributed by atoms with van der Waals surface area (Å²) in [5.41, 5.74) is 2.12. The summed E-state index contributed by atoms with van der Waals surface area (Å²) in [6.07, 6.45) is 1.26. The van der Waals surface area contributed by atoms with Crippen molar-refractivity contribution >= 4 is 17.4 Å². The molecular weight excluding hydrogens is 212 g/mol. The van der Waals surface area contributed by atoms with Gasteiger partial charge in [-0.2, -0.15) is 0 Å². The number of methoxy groups -OCH3 is 1. The van der Waals surface area contributed by atoms with Crippen LogP contribution in [0.15, 0.2) is 18.7 Å². The summed E-state index contributed by atoms with van der Waals surface area (Å²) in [4.78, 5) is 11.6. The quantitative estimate of drug-likeness (QED) is 0.582. The molecule has 80 valence electrons. The Kier molecular flexibility index (Phi) is 3.53. The number of hydrogen-bond donors (Lipinski definition) is 0. The van der Waals surface area contributed by atoms with Crippen molar-refractivity contribution in [3.05, 3.63) is 40.4 Å². The molecule has 0 unspecified atom stereocenters. The number of carbonyl (C=O) groups is 1. The predicted molar refractivity (Wildman–Crippen MR) is 62.0 cm³/mol. The Morgan fingerprint density at radius 1 is 1.53 bits per heavy atom. The minimum Gasteiger partial charge on any atom is -0.496 e. The highest BCUT2D eigenvalue weighted by Crippen LogP contribution is 2.31. The molecule has 0 fully saturated rings. The van der Waals surface area contributed by atoms with Gasteiger partial charge in [0.2, 0.25) is 0 Å². The van der Waals surface area contributed by atoms with Crippen LogP contribution >= 0.6 is 11.6 Å². The van der Waals surface area contributed by atoms with Crippen LogP contribution in [0.25, 0.3) is 0 Å². The van der Waals surface area contributed by atoms with Gasteiger partial charge in [-0.25, -0.2) is 0 Å². The van der Waals surface area contributed by atoms with Crippen molar-refractivity contribution in [2.45, 2.75) is 13.8 Å². The van der Waals surface area contributed by atoms with Crippen LogP contribution < -0.4 is 4.74 Å². The van der Waals surface area contributed by atoms with E-state index < -0.39 is 0 Å². The largest absolute Gasteiger partial charge is 0.496 e. The molecule has 2 nitrogen and oxygen atoms in total. The average Bonchev–Trinajstić information content (AvgIpc) is 2.24. The van der Waals surface area contributed by atoms with E-state index in [0.29, 0.717) is 16.3 Å². The second-order valence-corrected chi connectivity index (χ2v) is 3.66. The molecule has 15 heavy (non-hydrogen) atoms. The van der Waals surface area contributed by atoms with Crippen molar-refractivity contribution in [1.82, 2.24) is 0 Å². The normalized spacial score (nSPS) is 9.87. The molecule has 0 heterocycles. The van der Waals surface area contributed by atoms with Gasteiger partial charge in [0.15, 0.2) is 5.78 Å². The zero-order valence-corrected chi connectivity index (χ0v) is 9.81. The molecule has 0 saturated heterocycles. The first-order chi connectivity index (χ1) is 7.02. The molecule has 0 N–H and O–H groups in total. The highest BCUT2D eigenvalue weighted by molar-refractivity contribution is 6.33. The molecule has 0 bridgehead atoms. The van der Waals surface area contributed by atoms with Crippen LogP contribution in [0.2, 0.25) is 5.02 Å². The molecule has 3 heteroatoms. The van der Waals surface area contributed by atoms with Gasteiger partial charge >= 0.3 is 0 Å². The van der Waals surface area contributed by atoms with Crippen LogP contribution in [0.4, 0.5) is 0 Å². The number of hydrogen-bond acceptors (Lipinski definition) is 2. The predicted octanol–water partition coefficient (Wildman–Crippen LogP) is 3.33. The second-order valence-electron chi connectivity index (χ2n) is 3.28. The zero-order chi connectivity index (χ0) is 11.6. The molecule has 0 aliphatic carbocycles. The van der Waals surface area contributed by atoms with Gasteiger partial charge in [-0.15, -0.1) is 0 Å². The van der Waals surface area contributed by atoms with Gasteiger partial charge in [0.25, 0.3) is 0 Å². The highest BCUT2D eigenvalue weighted by atomic mass is 35.5. The van der Waals surface area contributed by atoms with Gasteiger partial charge in [-0.05, 0) is 37.1 Å². The van der Waals surface area contributed by atoms with Crippen molar-refractivity contribution in [1.29, 1.82) is 0 Å². The van der Waals surface area contributed by atoms with Gasteiger partial charge in [-0.1, -0.05) is 18.2 Å². The van der Waals surface area contributed by atoms with E-state index in [0.717, 1.165) is 11.1 Å². The number of carbonyl (C=O) groups excluding carboxylic acids is 1. The molecule has 0 amide bonds. The molecule has 1 aromatic carbocycles. The van der Waals surface area contributed by atoms with E-state index in [1.807, 2.05) is 6.92 Å². The van der Waals surface area contributed by atoms with Crippen LogP contribution in [0.3, 0.4) is 0 Å². The first-order valence-corrected chi connectivity index (χ1v) is 4.91. The first kappa shape index (κ1) is 11.8. The highest BCUT2D eigenvalue weighted by Gasteiger charge is 2.16. The summed E-state index contributed by atoms with van der Waals surface area (Å²) in [5.74, 6) is 0.366. The lowest BCUT2D eigenvalue weighted by Gasteiger charge is -2.12. The molecule has 0 aliphatic rings. The van der Waals surface area contributed by atoms with E-state index in [2.05, 4.69) is 6.58 Å². The maximum atomic E-state index is 11.6. The summed E-state index contributed by atoms with van der Waals surface area (Å²) in [5, 5.41) is 0.598. The minimum absolute atomic E-state index is 0.175. The van der Waals surface area contributed by atoms with E-state index >= 15 is 0 Å². The lowest BCUT2D eigenvalue weighted by molar-refractivity contribution is 0.104. The average molecular weight is 225 g/mol. The molecule has 0 radical (unpaired) electrons. The van der Waals surface area contributed by atoms with E-state index in [1.54, 1.807) is 13.0 Å². The van der Waals surface area contributed by atoms with E-state index in [4.69, 9.17) is 16.3 Å². The summed E-state index contributed by atoms with van der Waals surface area (Å²) in [7, 11) is 1.53. The number of ether oxygens (including phenoxy) is 1. The van der Waals surface area contributed by atoms with Gasteiger partial charge in [0, 0.05) is 5.02 Å². The Morgan fingerprint density at radius 2 is 2.13 bits per heavy atom. The van der Waals surface area contributed by atoms with Crippen molar-refractivity contribution < 1.29 is 9.53 Å². The maximum absolute atomic E-state index is 11.6. The van der Waals surface area contributed by atoms with Crippen LogP contribution in [-0.2, 0) is 0 Å². The molecule has 0 aliphatic heterocycles. The Balaban J connectivity index is 3.53. The summed E-state index contributed by atoms with van der Waals surface area (Å²) in [6, 6.07) is 1.76. The number of aryl methyl sites for hydroxylation is 1. The molecule has 1 aromatic rings. The number of rotatable bonds is 3. The number of halogens is 1. The van der Waals surface area contributed by atoms with Crippen molar-refractivity contribution in [3.63, 3.8) is 0 Å². The van der Waals surface area contributed by atoms with E-state index in [-0.39, 0.29) is 5.78 Å². The third kappa shape index (κ3) is 2.05. The van der Waals surface area contributed by atoms with Crippen molar-refractivity contribution in [2.24, 2.45) is 0 Å². The summed E-state index contributed by atoms with van der Waals surface area (Å²) < 4.78 is 5.16.